The van der Waals surface area contributed by atoms with E-state index in [1.54, 1.807) is 6.07 Å². The first kappa shape index (κ1) is 14.8. The molecule has 1 rings (SSSR count). The summed E-state index contributed by atoms with van der Waals surface area (Å²) in [6.07, 6.45) is 0. The van der Waals surface area contributed by atoms with Crippen LogP contribution in [0.3, 0.4) is 0 Å². The summed E-state index contributed by atoms with van der Waals surface area (Å²) in [5, 5.41) is 3.12. The van der Waals surface area contributed by atoms with Gasteiger partial charge < -0.3 is 10.1 Å². The van der Waals surface area contributed by atoms with Crippen molar-refractivity contribution >= 4 is 44.5 Å². The van der Waals surface area contributed by atoms with Gasteiger partial charge in [0.15, 0.2) is 0 Å². The molecule has 1 unspecified atom stereocenters. The Bertz CT molecular complexity index is 403. The van der Waals surface area contributed by atoms with Crippen LogP contribution in [0.15, 0.2) is 22.7 Å². The average Bonchev–Trinajstić information content (AvgIpc) is 2.30. The third-order valence-electron chi connectivity index (χ3n) is 2.11. The molecular weight excluding hydrogens is 404 g/mol. The van der Waals surface area contributed by atoms with E-state index < -0.39 is 0 Å². The van der Waals surface area contributed by atoms with Gasteiger partial charge in [0.25, 0.3) is 0 Å². The fourth-order valence-corrected chi connectivity index (χ4v) is 2.27. The maximum Gasteiger partial charge on any atom is 0.319 e. The molecule has 1 aromatic carbocycles. The molecule has 1 N–H and O–H groups in total. The average molecular weight is 416 g/mol. The van der Waals surface area contributed by atoms with Crippen LogP contribution >= 0.6 is 38.5 Å². The van der Waals surface area contributed by atoms with Crippen molar-refractivity contribution in [1.82, 2.24) is 5.32 Å². The molecule has 0 radical (unpaired) electrons. The number of methoxy groups -OCH3 is 1. The molecule has 1 aromatic rings. The van der Waals surface area contributed by atoms with Gasteiger partial charge in [0.1, 0.15) is 9.74 Å². The number of benzene rings is 1. The van der Waals surface area contributed by atoms with Crippen molar-refractivity contribution in [3.63, 3.8) is 0 Å². The van der Waals surface area contributed by atoms with Gasteiger partial charge in [-0.25, -0.2) is 4.39 Å². The standard InChI is InChI=1S/C11H12BrFINO2/c1-17-11(16)10(14)6-15-5-7-2-3-8(13)4-9(7)12/h2-4,10,15H,5-6H2,1H3. The van der Waals surface area contributed by atoms with Crippen LogP contribution in [0.5, 0.6) is 0 Å². The van der Waals surface area contributed by atoms with E-state index >= 15 is 0 Å². The highest BCUT2D eigenvalue weighted by atomic mass is 127. The number of alkyl halides is 1. The van der Waals surface area contributed by atoms with Crippen LogP contribution in [0.25, 0.3) is 0 Å². The van der Waals surface area contributed by atoms with E-state index in [1.165, 1.54) is 19.2 Å². The molecule has 0 spiro atoms. The van der Waals surface area contributed by atoms with Crippen molar-refractivity contribution in [2.75, 3.05) is 13.7 Å². The molecule has 1 atom stereocenters. The summed E-state index contributed by atoms with van der Waals surface area (Å²) in [6.45, 7) is 1.08. The molecule has 0 aromatic heterocycles. The van der Waals surface area contributed by atoms with Crippen molar-refractivity contribution in [3.05, 3.63) is 34.1 Å². The Labute approximate surface area is 121 Å². The van der Waals surface area contributed by atoms with E-state index in [-0.39, 0.29) is 15.7 Å². The smallest absolute Gasteiger partial charge is 0.319 e. The van der Waals surface area contributed by atoms with Crippen LogP contribution in [0.4, 0.5) is 4.39 Å². The zero-order chi connectivity index (χ0) is 12.8. The normalized spacial score (nSPS) is 12.2. The molecule has 6 heteroatoms. The minimum atomic E-state index is -0.276. The predicted molar refractivity (Wildman–Crippen MR) is 75.6 cm³/mol. The van der Waals surface area contributed by atoms with Crippen molar-refractivity contribution in [1.29, 1.82) is 0 Å². The molecule has 0 aliphatic carbocycles. The highest BCUT2D eigenvalue weighted by Gasteiger charge is 2.14. The molecule has 0 fully saturated rings. The van der Waals surface area contributed by atoms with Crippen LogP contribution in [0.2, 0.25) is 0 Å². The summed E-state index contributed by atoms with van der Waals surface area (Å²) in [6, 6.07) is 4.52. The molecule has 17 heavy (non-hydrogen) atoms. The Balaban J connectivity index is 2.43. The Morgan fingerprint density at radius 3 is 2.94 bits per heavy atom. The predicted octanol–water partition coefficient (Wildman–Crippen LogP) is 2.65. The van der Waals surface area contributed by atoms with Crippen molar-refractivity contribution in [2.45, 2.75) is 10.5 Å². The first-order valence-electron chi connectivity index (χ1n) is 4.91. The Hall–Kier alpha value is -0.210. The molecule has 0 amide bonds. The number of hydrogen-bond donors (Lipinski definition) is 1. The molecule has 0 bridgehead atoms. The van der Waals surface area contributed by atoms with Crippen LogP contribution in [0.1, 0.15) is 5.56 Å². The summed E-state index contributed by atoms with van der Waals surface area (Å²) >= 11 is 5.30. The van der Waals surface area contributed by atoms with E-state index in [2.05, 4.69) is 26.0 Å². The third-order valence-corrected chi connectivity index (χ3v) is 3.80. The van der Waals surface area contributed by atoms with E-state index in [0.717, 1.165) is 5.56 Å². The first-order valence-corrected chi connectivity index (χ1v) is 6.95. The number of halogens is 3. The second-order valence-corrected chi connectivity index (χ2v) is 5.72. The van der Waals surface area contributed by atoms with Crippen LogP contribution in [0, 0.1) is 5.82 Å². The van der Waals surface area contributed by atoms with Gasteiger partial charge >= 0.3 is 5.97 Å². The number of hydrogen-bond acceptors (Lipinski definition) is 3. The van der Waals surface area contributed by atoms with Crippen molar-refractivity contribution in [2.24, 2.45) is 0 Å². The lowest BCUT2D eigenvalue weighted by atomic mass is 10.2. The second-order valence-electron chi connectivity index (χ2n) is 3.36. The largest absolute Gasteiger partial charge is 0.468 e. The number of carbonyl (C=O) groups excluding carboxylic acids is 1. The topological polar surface area (TPSA) is 38.3 Å². The zero-order valence-corrected chi connectivity index (χ0v) is 12.9. The number of rotatable bonds is 5. The number of ether oxygens (including phenoxy) is 1. The van der Waals surface area contributed by atoms with Gasteiger partial charge in [-0.15, -0.1) is 0 Å². The summed E-state index contributed by atoms with van der Waals surface area (Å²) in [7, 11) is 1.37. The van der Waals surface area contributed by atoms with Crippen molar-refractivity contribution < 1.29 is 13.9 Å². The fourth-order valence-electron chi connectivity index (χ4n) is 1.21. The summed E-state index contributed by atoms with van der Waals surface area (Å²) in [5.41, 5.74) is 0.944. The fraction of sp³-hybridized carbons (Fsp3) is 0.364. The number of esters is 1. The molecule has 0 saturated heterocycles. The quantitative estimate of drug-likeness (QED) is 0.456. The van der Waals surface area contributed by atoms with Gasteiger partial charge in [-0.2, -0.15) is 0 Å². The summed E-state index contributed by atoms with van der Waals surface area (Å²) < 4.78 is 17.9. The SMILES string of the molecule is COC(=O)C(I)CNCc1ccc(F)cc1Br. The summed E-state index contributed by atoms with van der Waals surface area (Å²) in [4.78, 5) is 11.1. The lowest BCUT2D eigenvalue weighted by molar-refractivity contribution is -0.139. The molecule has 0 aliphatic heterocycles. The highest BCUT2D eigenvalue weighted by molar-refractivity contribution is 14.1. The molecule has 94 valence electrons. The van der Waals surface area contributed by atoms with Crippen LogP contribution < -0.4 is 5.32 Å². The van der Waals surface area contributed by atoms with E-state index in [4.69, 9.17) is 0 Å². The Morgan fingerprint density at radius 2 is 2.35 bits per heavy atom. The van der Waals surface area contributed by atoms with Gasteiger partial charge in [-0.05, 0) is 17.7 Å². The Morgan fingerprint density at radius 1 is 1.65 bits per heavy atom. The molecule has 0 aliphatic rings. The van der Waals surface area contributed by atoms with Gasteiger partial charge in [0.2, 0.25) is 0 Å². The van der Waals surface area contributed by atoms with E-state index in [0.29, 0.717) is 17.6 Å². The minimum absolute atomic E-state index is 0.225. The lowest BCUT2D eigenvalue weighted by Crippen LogP contribution is -2.29. The van der Waals surface area contributed by atoms with Gasteiger partial charge in [-0.1, -0.05) is 44.6 Å². The third kappa shape index (κ3) is 4.89. The van der Waals surface area contributed by atoms with Gasteiger partial charge in [-0.3, -0.25) is 4.79 Å². The number of carbonyl (C=O) groups is 1. The molecule has 0 heterocycles. The lowest BCUT2D eigenvalue weighted by Gasteiger charge is -2.10. The maximum atomic E-state index is 12.8. The van der Waals surface area contributed by atoms with Gasteiger partial charge in [0, 0.05) is 17.6 Å². The molecular formula is C11H12BrFINO2. The molecule has 0 saturated carbocycles. The van der Waals surface area contributed by atoms with E-state index in [1.807, 2.05) is 22.6 Å². The Kier molecular flexibility index (Phi) is 6.35. The maximum absolute atomic E-state index is 12.8. The molecule has 3 nitrogen and oxygen atoms in total. The van der Waals surface area contributed by atoms with Crippen LogP contribution in [-0.2, 0) is 16.1 Å². The van der Waals surface area contributed by atoms with Crippen LogP contribution in [-0.4, -0.2) is 23.5 Å². The van der Waals surface area contributed by atoms with Gasteiger partial charge in [0.05, 0.1) is 7.11 Å². The minimum Gasteiger partial charge on any atom is -0.468 e. The second kappa shape index (κ2) is 7.27. The number of nitrogens with one attached hydrogen (secondary N) is 1. The monoisotopic (exact) mass is 415 g/mol. The van der Waals surface area contributed by atoms with E-state index in [9.17, 15) is 9.18 Å². The highest BCUT2D eigenvalue weighted by Crippen LogP contribution is 2.17. The first-order chi connectivity index (χ1) is 8.04. The summed E-state index contributed by atoms with van der Waals surface area (Å²) in [5.74, 6) is -0.529. The van der Waals surface area contributed by atoms with Crippen molar-refractivity contribution in [3.8, 4) is 0 Å². The zero-order valence-electron chi connectivity index (χ0n) is 9.17.